The molecule has 0 fully saturated rings. The zero-order chi connectivity index (χ0) is 15.2. The van der Waals surface area contributed by atoms with Crippen molar-refractivity contribution in [1.82, 2.24) is 0 Å². The minimum Gasteiger partial charge on any atom is -0.321 e. The van der Waals surface area contributed by atoms with Crippen LogP contribution in [0.15, 0.2) is 53.0 Å². The molecule has 0 aliphatic heterocycles. The Kier molecular flexibility index (Phi) is 5.59. The van der Waals surface area contributed by atoms with Crippen molar-refractivity contribution in [3.05, 3.63) is 69.2 Å². The van der Waals surface area contributed by atoms with Gasteiger partial charge in [0.05, 0.1) is 5.69 Å². The smallest absolute Gasteiger partial charge is 0.248 e. The summed E-state index contributed by atoms with van der Waals surface area (Å²) in [6.07, 6.45) is 4.18. The van der Waals surface area contributed by atoms with Gasteiger partial charge in [0.15, 0.2) is 0 Å². The van der Waals surface area contributed by atoms with Crippen LogP contribution >= 0.6 is 27.5 Å². The van der Waals surface area contributed by atoms with E-state index in [1.165, 1.54) is 11.6 Å². The molecule has 1 amide bonds. The third kappa shape index (κ3) is 4.73. The topological polar surface area (TPSA) is 29.1 Å². The lowest BCUT2D eigenvalue weighted by Gasteiger charge is -2.06. The maximum atomic E-state index is 11.9. The molecule has 0 heterocycles. The second-order valence-corrected chi connectivity index (χ2v) is 5.84. The molecule has 2 aromatic carbocycles. The summed E-state index contributed by atoms with van der Waals surface area (Å²) in [5.41, 5.74) is 2.86. The van der Waals surface area contributed by atoms with E-state index in [1.807, 2.05) is 30.3 Å². The van der Waals surface area contributed by atoms with Gasteiger partial charge < -0.3 is 5.32 Å². The van der Waals surface area contributed by atoms with Gasteiger partial charge in [-0.25, -0.2) is 0 Å². The van der Waals surface area contributed by atoms with Crippen LogP contribution in [0.5, 0.6) is 0 Å². The molecule has 4 heteroatoms. The second kappa shape index (κ2) is 7.43. The molecule has 2 rings (SSSR count). The number of aryl methyl sites for hydroxylation is 1. The second-order valence-electron chi connectivity index (χ2n) is 4.55. The largest absolute Gasteiger partial charge is 0.321 e. The van der Waals surface area contributed by atoms with Gasteiger partial charge in [-0.3, -0.25) is 4.79 Å². The van der Waals surface area contributed by atoms with Gasteiger partial charge in [0.25, 0.3) is 0 Å². The summed E-state index contributed by atoms with van der Waals surface area (Å²) in [5.74, 6) is -0.181. The molecular formula is C17H15BrClNO. The summed E-state index contributed by atoms with van der Waals surface area (Å²) in [4.78, 5) is 11.9. The van der Waals surface area contributed by atoms with Crippen LogP contribution in [0.2, 0.25) is 5.02 Å². The first-order valence-electron chi connectivity index (χ1n) is 6.61. The highest BCUT2D eigenvalue weighted by Crippen LogP contribution is 2.24. The van der Waals surface area contributed by atoms with Gasteiger partial charge in [0, 0.05) is 15.6 Å². The number of halogens is 2. The Hall–Kier alpha value is -1.58. The van der Waals surface area contributed by atoms with Crippen LogP contribution < -0.4 is 5.32 Å². The lowest BCUT2D eigenvalue weighted by atomic mass is 10.1. The predicted molar refractivity (Wildman–Crippen MR) is 92.6 cm³/mol. The molecule has 0 radical (unpaired) electrons. The molecule has 0 aliphatic rings. The number of carbonyl (C=O) groups is 1. The molecular weight excluding hydrogens is 350 g/mol. The molecule has 0 bridgehead atoms. The SMILES string of the molecule is CCc1ccc(NC(=O)/C=C/c2cccc(Cl)c2)c(Br)c1. The van der Waals surface area contributed by atoms with Crippen LogP contribution in [0.1, 0.15) is 18.1 Å². The fraction of sp³-hybridized carbons (Fsp3) is 0.118. The molecule has 21 heavy (non-hydrogen) atoms. The van der Waals surface area contributed by atoms with Crippen molar-refractivity contribution in [1.29, 1.82) is 0 Å². The van der Waals surface area contributed by atoms with E-state index >= 15 is 0 Å². The maximum Gasteiger partial charge on any atom is 0.248 e. The number of benzene rings is 2. The van der Waals surface area contributed by atoms with Crippen LogP contribution in [0.3, 0.4) is 0 Å². The highest BCUT2D eigenvalue weighted by molar-refractivity contribution is 9.10. The van der Waals surface area contributed by atoms with Gasteiger partial charge in [-0.2, -0.15) is 0 Å². The number of nitrogens with one attached hydrogen (secondary N) is 1. The Morgan fingerprint density at radius 2 is 2.10 bits per heavy atom. The Morgan fingerprint density at radius 3 is 2.76 bits per heavy atom. The van der Waals surface area contributed by atoms with E-state index in [2.05, 4.69) is 28.2 Å². The van der Waals surface area contributed by atoms with Gasteiger partial charge in [-0.1, -0.05) is 36.7 Å². The number of rotatable bonds is 4. The Bertz CT molecular complexity index is 682. The summed E-state index contributed by atoms with van der Waals surface area (Å²) < 4.78 is 0.881. The number of anilines is 1. The zero-order valence-electron chi connectivity index (χ0n) is 11.6. The third-order valence-corrected chi connectivity index (χ3v) is 3.87. The molecule has 0 saturated heterocycles. The molecule has 0 saturated carbocycles. The average molecular weight is 365 g/mol. The molecule has 0 spiro atoms. The Balaban J connectivity index is 2.05. The van der Waals surface area contributed by atoms with E-state index in [0.29, 0.717) is 5.02 Å². The average Bonchev–Trinajstić information content (AvgIpc) is 2.47. The quantitative estimate of drug-likeness (QED) is 0.731. The van der Waals surface area contributed by atoms with Crippen molar-refractivity contribution in [3.8, 4) is 0 Å². The van der Waals surface area contributed by atoms with Crippen molar-refractivity contribution in [3.63, 3.8) is 0 Å². The van der Waals surface area contributed by atoms with Crippen LogP contribution in [0.4, 0.5) is 5.69 Å². The first-order valence-corrected chi connectivity index (χ1v) is 7.78. The van der Waals surface area contributed by atoms with E-state index in [1.54, 1.807) is 18.2 Å². The molecule has 0 aliphatic carbocycles. The number of hydrogen-bond donors (Lipinski definition) is 1. The van der Waals surface area contributed by atoms with E-state index in [4.69, 9.17) is 11.6 Å². The van der Waals surface area contributed by atoms with Gasteiger partial charge in [-0.15, -0.1) is 0 Å². The fourth-order valence-electron chi connectivity index (χ4n) is 1.84. The molecule has 2 aromatic rings. The summed E-state index contributed by atoms with van der Waals surface area (Å²) in [6, 6.07) is 13.2. The fourth-order valence-corrected chi connectivity index (χ4v) is 2.56. The summed E-state index contributed by atoms with van der Waals surface area (Å²) in [6.45, 7) is 2.09. The predicted octanol–water partition coefficient (Wildman–Crippen LogP) is 5.32. The minimum absolute atomic E-state index is 0.181. The van der Waals surface area contributed by atoms with Crippen molar-refractivity contribution in [2.24, 2.45) is 0 Å². The van der Waals surface area contributed by atoms with Gasteiger partial charge in [0.2, 0.25) is 5.91 Å². The van der Waals surface area contributed by atoms with Crippen LogP contribution in [0, 0.1) is 0 Å². The van der Waals surface area contributed by atoms with Crippen molar-refractivity contribution in [2.75, 3.05) is 5.32 Å². The Morgan fingerprint density at radius 1 is 1.29 bits per heavy atom. The van der Waals surface area contributed by atoms with E-state index in [9.17, 15) is 4.79 Å². The number of carbonyl (C=O) groups excluding carboxylic acids is 1. The Labute approximate surface area is 138 Å². The van der Waals surface area contributed by atoms with Gasteiger partial charge in [-0.05, 0) is 63.8 Å². The number of hydrogen-bond acceptors (Lipinski definition) is 1. The molecule has 0 aromatic heterocycles. The van der Waals surface area contributed by atoms with Crippen LogP contribution in [-0.2, 0) is 11.2 Å². The molecule has 0 unspecified atom stereocenters. The van der Waals surface area contributed by atoms with Crippen molar-refractivity contribution < 1.29 is 4.79 Å². The van der Waals surface area contributed by atoms with Crippen molar-refractivity contribution >= 4 is 45.2 Å². The van der Waals surface area contributed by atoms with Gasteiger partial charge in [0.1, 0.15) is 0 Å². The minimum atomic E-state index is -0.181. The summed E-state index contributed by atoms with van der Waals surface area (Å²) >= 11 is 9.36. The first kappa shape index (κ1) is 15.8. The van der Waals surface area contributed by atoms with Gasteiger partial charge >= 0.3 is 0 Å². The lowest BCUT2D eigenvalue weighted by Crippen LogP contribution is -2.08. The zero-order valence-corrected chi connectivity index (χ0v) is 13.9. The number of amides is 1. The molecule has 1 N–H and O–H groups in total. The monoisotopic (exact) mass is 363 g/mol. The van der Waals surface area contributed by atoms with Crippen molar-refractivity contribution in [2.45, 2.75) is 13.3 Å². The maximum absolute atomic E-state index is 11.9. The summed E-state index contributed by atoms with van der Waals surface area (Å²) in [5, 5.41) is 3.49. The molecule has 2 nitrogen and oxygen atoms in total. The van der Waals surface area contributed by atoms with Crippen LogP contribution in [0.25, 0.3) is 6.08 Å². The lowest BCUT2D eigenvalue weighted by molar-refractivity contribution is -0.111. The third-order valence-electron chi connectivity index (χ3n) is 2.98. The summed E-state index contributed by atoms with van der Waals surface area (Å²) in [7, 11) is 0. The van der Waals surface area contributed by atoms with Crippen LogP contribution in [-0.4, -0.2) is 5.91 Å². The molecule has 108 valence electrons. The van der Waals surface area contributed by atoms with E-state index in [-0.39, 0.29) is 5.91 Å². The normalized spacial score (nSPS) is 10.8. The standard InChI is InChI=1S/C17H15BrClNO/c1-2-12-6-8-16(15(18)11-12)20-17(21)9-7-13-4-3-5-14(19)10-13/h3-11H,2H2,1H3,(H,20,21)/b9-7+. The first-order chi connectivity index (χ1) is 10.1. The molecule has 0 atom stereocenters. The van der Waals surface area contributed by atoms with E-state index < -0.39 is 0 Å². The van der Waals surface area contributed by atoms with E-state index in [0.717, 1.165) is 22.1 Å². The highest BCUT2D eigenvalue weighted by Gasteiger charge is 2.03. The highest BCUT2D eigenvalue weighted by atomic mass is 79.9.